The van der Waals surface area contributed by atoms with Crippen molar-refractivity contribution in [3.05, 3.63) is 58.3 Å². The molecule has 3 heterocycles. The number of carbonyl (C=O) groups is 1. The summed E-state index contributed by atoms with van der Waals surface area (Å²) >= 11 is 0. The molecule has 0 saturated carbocycles. The maximum Gasteiger partial charge on any atom is 0.298 e. The first-order valence-electron chi connectivity index (χ1n) is 8.46. The molecule has 8 nitrogen and oxygen atoms in total. The van der Waals surface area contributed by atoms with Crippen LogP contribution in [0.15, 0.2) is 46.9 Å². The van der Waals surface area contributed by atoms with Gasteiger partial charge in [0.2, 0.25) is 5.89 Å². The van der Waals surface area contributed by atoms with Crippen LogP contribution < -0.4 is 0 Å². The van der Waals surface area contributed by atoms with E-state index in [0.29, 0.717) is 35.8 Å². The van der Waals surface area contributed by atoms with Gasteiger partial charge < -0.3 is 13.9 Å². The summed E-state index contributed by atoms with van der Waals surface area (Å²) in [6.45, 7) is 1.36. The van der Waals surface area contributed by atoms with Crippen molar-refractivity contribution >= 4 is 33.6 Å². The Morgan fingerprint density at radius 1 is 1.19 bits per heavy atom. The van der Waals surface area contributed by atoms with Gasteiger partial charge in [-0.05, 0) is 24.3 Å². The fourth-order valence-electron chi connectivity index (χ4n) is 3.56. The van der Waals surface area contributed by atoms with Crippen molar-refractivity contribution in [1.82, 2.24) is 14.5 Å². The monoisotopic (exact) mass is 362 g/mol. The Kier molecular flexibility index (Phi) is 3.12. The molecule has 0 fully saturated rings. The Labute approximate surface area is 152 Å². The molecule has 4 aromatic rings. The zero-order valence-corrected chi connectivity index (χ0v) is 14.4. The minimum atomic E-state index is -0.469. The van der Waals surface area contributed by atoms with Gasteiger partial charge in [0.1, 0.15) is 5.69 Å². The number of nitro groups is 1. The maximum atomic E-state index is 12.4. The minimum Gasteiger partial charge on any atom is -0.436 e. The molecule has 2 aromatic carbocycles. The average molecular weight is 362 g/mol. The van der Waals surface area contributed by atoms with Gasteiger partial charge in [-0.25, -0.2) is 4.98 Å². The van der Waals surface area contributed by atoms with E-state index in [0.717, 1.165) is 10.9 Å². The number of hydrogen-bond donors (Lipinski definition) is 0. The van der Waals surface area contributed by atoms with Crippen molar-refractivity contribution in [2.45, 2.75) is 6.54 Å². The fraction of sp³-hybridized carbons (Fsp3) is 0.158. The molecule has 0 N–H and O–H groups in total. The molecule has 0 bridgehead atoms. The molecule has 0 saturated heterocycles. The Balaban J connectivity index is 1.68. The number of carbonyl (C=O) groups excluding carboxylic acids is 1. The highest BCUT2D eigenvalue weighted by atomic mass is 16.6. The molecule has 0 spiro atoms. The van der Waals surface area contributed by atoms with Crippen LogP contribution in [0.1, 0.15) is 10.5 Å². The summed E-state index contributed by atoms with van der Waals surface area (Å²) in [5.74, 6) is 0.312. The van der Waals surface area contributed by atoms with E-state index >= 15 is 0 Å². The van der Waals surface area contributed by atoms with E-state index in [4.69, 9.17) is 4.42 Å². The molecule has 2 aromatic heterocycles. The van der Waals surface area contributed by atoms with Gasteiger partial charge in [0.15, 0.2) is 11.1 Å². The number of benzene rings is 2. The van der Waals surface area contributed by atoms with Crippen LogP contribution in [0.4, 0.5) is 5.69 Å². The normalized spacial score (nSPS) is 14.1. The molecular weight excluding hydrogens is 348 g/mol. The van der Waals surface area contributed by atoms with Crippen molar-refractivity contribution < 1.29 is 14.1 Å². The standard InChI is InChI=1S/C19H14N4O4/c1-21-7-8-22-14-10-12(6-5-11(14)9-15(22)19(21)24)18-20-17-13(23(25)26)3-2-4-16(17)27-18/h2-6,9-10H,7-8H2,1H3. The molecule has 1 aliphatic rings. The highest BCUT2D eigenvalue weighted by molar-refractivity contribution is 6.00. The number of amides is 1. The first kappa shape index (κ1) is 15.6. The largest absolute Gasteiger partial charge is 0.436 e. The first-order chi connectivity index (χ1) is 13.0. The van der Waals surface area contributed by atoms with Gasteiger partial charge >= 0.3 is 0 Å². The lowest BCUT2D eigenvalue weighted by atomic mass is 10.1. The van der Waals surface area contributed by atoms with Gasteiger partial charge in [-0.15, -0.1) is 0 Å². The number of hydrogen-bond acceptors (Lipinski definition) is 5. The molecular formula is C19H14N4O4. The van der Waals surface area contributed by atoms with Crippen LogP contribution in [0.2, 0.25) is 0 Å². The lowest BCUT2D eigenvalue weighted by Crippen LogP contribution is -2.36. The summed E-state index contributed by atoms with van der Waals surface area (Å²) in [6, 6.07) is 12.2. The highest BCUT2D eigenvalue weighted by Gasteiger charge is 2.24. The molecule has 0 radical (unpaired) electrons. The van der Waals surface area contributed by atoms with E-state index in [9.17, 15) is 14.9 Å². The molecule has 0 atom stereocenters. The van der Waals surface area contributed by atoms with Crippen molar-refractivity contribution in [2.75, 3.05) is 13.6 Å². The number of oxazole rings is 1. The second kappa shape index (κ2) is 5.41. The lowest BCUT2D eigenvalue weighted by molar-refractivity contribution is -0.383. The van der Waals surface area contributed by atoms with Crippen LogP contribution in [-0.4, -0.2) is 38.9 Å². The summed E-state index contributed by atoms with van der Waals surface area (Å²) in [6.07, 6.45) is 0. The number of nitro benzene ring substituents is 1. The van der Waals surface area contributed by atoms with Crippen LogP contribution in [-0.2, 0) is 6.54 Å². The molecule has 1 aliphatic heterocycles. The molecule has 0 unspecified atom stereocenters. The first-order valence-corrected chi connectivity index (χ1v) is 8.46. The van der Waals surface area contributed by atoms with Crippen molar-refractivity contribution in [2.24, 2.45) is 0 Å². The summed E-state index contributed by atoms with van der Waals surface area (Å²) < 4.78 is 7.74. The smallest absolute Gasteiger partial charge is 0.298 e. The predicted molar refractivity (Wildman–Crippen MR) is 98.6 cm³/mol. The van der Waals surface area contributed by atoms with E-state index in [1.54, 1.807) is 24.1 Å². The van der Waals surface area contributed by atoms with Gasteiger partial charge in [0, 0.05) is 42.7 Å². The van der Waals surface area contributed by atoms with Crippen LogP contribution >= 0.6 is 0 Å². The second-order valence-electron chi connectivity index (χ2n) is 6.58. The SMILES string of the molecule is CN1CCn2c(cc3ccc(-c4nc5c([N+](=O)[O-])cccc5o4)cc32)C1=O. The van der Waals surface area contributed by atoms with E-state index < -0.39 is 4.92 Å². The van der Waals surface area contributed by atoms with Crippen molar-refractivity contribution in [3.63, 3.8) is 0 Å². The van der Waals surface area contributed by atoms with Crippen LogP contribution in [0.3, 0.4) is 0 Å². The molecule has 134 valence electrons. The number of nitrogens with zero attached hydrogens (tertiary/aromatic N) is 4. The number of likely N-dealkylation sites (N-methyl/N-ethyl adjacent to an activating group) is 1. The van der Waals surface area contributed by atoms with E-state index in [1.807, 2.05) is 28.8 Å². The van der Waals surface area contributed by atoms with E-state index in [-0.39, 0.29) is 17.1 Å². The molecule has 0 aliphatic carbocycles. The highest BCUT2D eigenvalue weighted by Crippen LogP contribution is 2.32. The maximum absolute atomic E-state index is 12.4. The van der Waals surface area contributed by atoms with E-state index in [2.05, 4.69) is 4.98 Å². The molecule has 8 heteroatoms. The topological polar surface area (TPSA) is 94.4 Å². The van der Waals surface area contributed by atoms with Gasteiger partial charge in [-0.2, -0.15) is 0 Å². The Hall–Kier alpha value is -3.68. The molecule has 5 rings (SSSR count). The Morgan fingerprint density at radius 2 is 2.04 bits per heavy atom. The van der Waals surface area contributed by atoms with Crippen LogP contribution in [0.25, 0.3) is 33.5 Å². The fourth-order valence-corrected chi connectivity index (χ4v) is 3.56. The quantitative estimate of drug-likeness (QED) is 0.402. The molecule has 27 heavy (non-hydrogen) atoms. The zero-order chi connectivity index (χ0) is 18.7. The predicted octanol–water partition coefficient (Wildman–Crippen LogP) is 3.44. The number of para-hydroxylation sites is 1. The van der Waals surface area contributed by atoms with Gasteiger partial charge in [-0.3, -0.25) is 14.9 Å². The van der Waals surface area contributed by atoms with Gasteiger partial charge in [-0.1, -0.05) is 12.1 Å². The molecule has 1 amide bonds. The number of fused-ring (bicyclic) bond motifs is 4. The van der Waals surface area contributed by atoms with Crippen molar-refractivity contribution in [3.8, 4) is 11.5 Å². The Bertz CT molecular complexity index is 1250. The third-order valence-electron chi connectivity index (χ3n) is 4.97. The van der Waals surface area contributed by atoms with Gasteiger partial charge in [0.05, 0.1) is 4.92 Å². The third-order valence-corrected chi connectivity index (χ3v) is 4.97. The number of non-ortho nitro benzene ring substituents is 1. The average Bonchev–Trinajstić information content (AvgIpc) is 3.25. The number of aromatic nitrogens is 2. The summed E-state index contributed by atoms with van der Waals surface area (Å²) in [7, 11) is 1.79. The second-order valence-corrected chi connectivity index (χ2v) is 6.58. The summed E-state index contributed by atoms with van der Waals surface area (Å²) in [5, 5.41) is 12.2. The third kappa shape index (κ3) is 2.23. The van der Waals surface area contributed by atoms with Crippen molar-refractivity contribution in [1.29, 1.82) is 0 Å². The zero-order valence-electron chi connectivity index (χ0n) is 14.4. The summed E-state index contributed by atoms with van der Waals surface area (Å²) in [5.41, 5.74) is 2.79. The minimum absolute atomic E-state index is 0.00325. The lowest BCUT2D eigenvalue weighted by Gasteiger charge is -2.24. The van der Waals surface area contributed by atoms with Crippen LogP contribution in [0.5, 0.6) is 0 Å². The number of rotatable bonds is 2. The summed E-state index contributed by atoms with van der Waals surface area (Å²) in [4.78, 5) is 29.1. The Morgan fingerprint density at radius 3 is 2.85 bits per heavy atom. The van der Waals surface area contributed by atoms with E-state index in [1.165, 1.54) is 6.07 Å². The van der Waals surface area contributed by atoms with Gasteiger partial charge in [0.25, 0.3) is 11.6 Å². The van der Waals surface area contributed by atoms with Crippen LogP contribution in [0, 0.1) is 10.1 Å².